The number of hydrogen-bond donors (Lipinski definition) is 1. The van der Waals surface area contributed by atoms with E-state index >= 15 is 0 Å². The van der Waals surface area contributed by atoms with Gasteiger partial charge < -0.3 is 10.1 Å². The fourth-order valence-corrected chi connectivity index (χ4v) is 2.90. The number of aryl methyl sites for hydroxylation is 1. The van der Waals surface area contributed by atoms with E-state index in [2.05, 4.69) is 35.6 Å². The van der Waals surface area contributed by atoms with E-state index < -0.39 is 0 Å². The minimum Gasteiger partial charge on any atom is -0.491 e. The second-order valence-electron chi connectivity index (χ2n) is 5.92. The van der Waals surface area contributed by atoms with Gasteiger partial charge in [-0.1, -0.05) is 66.2 Å². The zero-order valence-corrected chi connectivity index (χ0v) is 14.9. The van der Waals surface area contributed by atoms with Crippen LogP contribution in [0.15, 0.2) is 78.9 Å². The molecule has 0 fully saturated rings. The number of benzene rings is 3. The van der Waals surface area contributed by atoms with E-state index in [0.29, 0.717) is 13.2 Å². The summed E-state index contributed by atoms with van der Waals surface area (Å²) in [6.45, 7) is 1.41. The van der Waals surface area contributed by atoms with Crippen molar-refractivity contribution in [1.82, 2.24) is 0 Å². The van der Waals surface area contributed by atoms with Gasteiger partial charge in [-0.05, 0) is 48.2 Å². The second-order valence-corrected chi connectivity index (χ2v) is 6.35. The Labute approximate surface area is 154 Å². The number of nitrogens with one attached hydrogen (secondary N) is 1. The molecule has 0 atom stereocenters. The number of hydrogen-bond acceptors (Lipinski definition) is 2. The van der Waals surface area contributed by atoms with E-state index in [1.165, 1.54) is 5.56 Å². The van der Waals surface area contributed by atoms with Gasteiger partial charge in [0.15, 0.2) is 0 Å². The Morgan fingerprint density at radius 3 is 2.40 bits per heavy atom. The van der Waals surface area contributed by atoms with Gasteiger partial charge in [-0.25, -0.2) is 0 Å². The fourth-order valence-electron chi connectivity index (χ4n) is 2.69. The highest BCUT2D eigenvalue weighted by molar-refractivity contribution is 6.30. The van der Waals surface area contributed by atoms with Gasteiger partial charge >= 0.3 is 0 Å². The smallest absolute Gasteiger partial charge is 0.142 e. The quantitative estimate of drug-likeness (QED) is 0.505. The third-order valence-electron chi connectivity index (χ3n) is 3.97. The van der Waals surface area contributed by atoms with Crippen molar-refractivity contribution in [3.63, 3.8) is 0 Å². The summed E-state index contributed by atoms with van der Waals surface area (Å²) in [5.41, 5.74) is 3.49. The molecule has 0 aliphatic rings. The van der Waals surface area contributed by atoms with Crippen LogP contribution in [-0.2, 0) is 13.0 Å². The largest absolute Gasteiger partial charge is 0.491 e. The number of anilines is 1. The minimum atomic E-state index is 0.699. The van der Waals surface area contributed by atoms with Crippen molar-refractivity contribution < 1.29 is 4.74 Å². The first-order valence-electron chi connectivity index (χ1n) is 8.55. The monoisotopic (exact) mass is 351 g/mol. The molecule has 25 heavy (non-hydrogen) atoms. The van der Waals surface area contributed by atoms with Gasteiger partial charge in [-0.3, -0.25) is 0 Å². The van der Waals surface area contributed by atoms with E-state index in [0.717, 1.165) is 34.9 Å². The van der Waals surface area contributed by atoms with E-state index in [1.807, 2.05) is 48.5 Å². The Balaban J connectivity index is 1.52. The molecule has 3 rings (SSSR count). The maximum absolute atomic E-state index is 6.04. The van der Waals surface area contributed by atoms with Crippen molar-refractivity contribution in [1.29, 1.82) is 0 Å². The van der Waals surface area contributed by atoms with E-state index in [4.69, 9.17) is 16.3 Å². The molecule has 0 aliphatic carbocycles. The molecule has 0 saturated carbocycles. The number of halogens is 1. The first-order chi connectivity index (χ1) is 12.3. The van der Waals surface area contributed by atoms with Crippen molar-refractivity contribution in [3.05, 3.63) is 95.0 Å². The molecule has 0 amide bonds. The summed E-state index contributed by atoms with van der Waals surface area (Å²) in [7, 11) is 0. The van der Waals surface area contributed by atoms with Crippen LogP contribution >= 0.6 is 11.6 Å². The lowest BCUT2D eigenvalue weighted by molar-refractivity contribution is 0.312. The SMILES string of the molecule is Clc1cccc(CNc2ccccc2OCCCc2ccccc2)c1. The van der Waals surface area contributed by atoms with Crippen molar-refractivity contribution in [2.45, 2.75) is 19.4 Å². The molecule has 1 N–H and O–H groups in total. The molecular weight excluding hydrogens is 330 g/mol. The molecule has 0 unspecified atom stereocenters. The highest BCUT2D eigenvalue weighted by atomic mass is 35.5. The average Bonchev–Trinajstić information content (AvgIpc) is 2.65. The van der Waals surface area contributed by atoms with Crippen LogP contribution in [0.2, 0.25) is 5.02 Å². The van der Waals surface area contributed by atoms with Gasteiger partial charge in [-0.15, -0.1) is 0 Å². The molecule has 2 nitrogen and oxygen atoms in total. The molecule has 3 aromatic rings. The van der Waals surface area contributed by atoms with Crippen LogP contribution in [0.3, 0.4) is 0 Å². The zero-order chi connectivity index (χ0) is 17.3. The van der Waals surface area contributed by atoms with Gasteiger partial charge in [0.2, 0.25) is 0 Å². The first-order valence-corrected chi connectivity index (χ1v) is 8.93. The minimum absolute atomic E-state index is 0.699. The van der Waals surface area contributed by atoms with Crippen LogP contribution in [0.4, 0.5) is 5.69 Å². The lowest BCUT2D eigenvalue weighted by Crippen LogP contribution is -2.04. The molecule has 0 heterocycles. The van der Waals surface area contributed by atoms with Crippen molar-refractivity contribution in [2.75, 3.05) is 11.9 Å². The third-order valence-corrected chi connectivity index (χ3v) is 4.20. The highest BCUT2D eigenvalue weighted by Crippen LogP contribution is 2.25. The average molecular weight is 352 g/mol. The summed E-state index contributed by atoms with van der Waals surface area (Å²) in [4.78, 5) is 0. The molecule has 0 radical (unpaired) electrons. The van der Waals surface area contributed by atoms with Crippen LogP contribution in [0.1, 0.15) is 17.5 Å². The molecule has 0 aliphatic heterocycles. The summed E-state index contributed by atoms with van der Waals surface area (Å²) in [6, 6.07) is 26.4. The fraction of sp³-hybridized carbons (Fsp3) is 0.182. The van der Waals surface area contributed by atoms with Crippen molar-refractivity contribution >= 4 is 17.3 Å². The predicted molar refractivity (Wildman–Crippen MR) is 105 cm³/mol. The molecule has 0 saturated heterocycles. The van der Waals surface area contributed by atoms with Crippen molar-refractivity contribution in [2.24, 2.45) is 0 Å². The Morgan fingerprint density at radius 1 is 0.800 bits per heavy atom. The van der Waals surface area contributed by atoms with Crippen LogP contribution in [0, 0.1) is 0 Å². The Hall–Kier alpha value is -2.45. The molecule has 128 valence electrons. The molecule has 3 aromatic carbocycles. The summed E-state index contributed by atoms with van der Waals surface area (Å²) in [5, 5.41) is 4.19. The molecule has 0 aromatic heterocycles. The highest BCUT2D eigenvalue weighted by Gasteiger charge is 2.03. The number of para-hydroxylation sites is 2. The van der Waals surface area contributed by atoms with Gasteiger partial charge in [-0.2, -0.15) is 0 Å². The number of ether oxygens (including phenoxy) is 1. The Morgan fingerprint density at radius 2 is 1.56 bits per heavy atom. The zero-order valence-electron chi connectivity index (χ0n) is 14.1. The summed E-state index contributed by atoms with van der Waals surface area (Å²) in [6.07, 6.45) is 2.02. The first kappa shape index (κ1) is 17.4. The maximum Gasteiger partial charge on any atom is 0.142 e. The lowest BCUT2D eigenvalue weighted by atomic mass is 10.1. The second kappa shape index (κ2) is 9.14. The Kier molecular flexibility index (Phi) is 6.35. The molecule has 0 spiro atoms. The maximum atomic E-state index is 6.04. The topological polar surface area (TPSA) is 21.3 Å². The standard InChI is InChI=1S/C22H22ClNO/c23-20-12-6-10-19(16-20)17-24-21-13-4-5-14-22(21)25-15-7-11-18-8-2-1-3-9-18/h1-6,8-10,12-14,16,24H,7,11,15,17H2. The molecule has 3 heteroatoms. The summed E-state index contributed by atoms with van der Waals surface area (Å²) < 4.78 is 5.98. The summed E-state index contributed by atoms with van der Waals surface area (Å²) >= 11 is 6.04. The Bertz CT molecular complexity index is 789. The lowest BCUT2D eigenvalue weighted by Gasteiger charge is -2.13. The van der Waals surface area contributed by atoms with Gasteiger partial charge in [0.25, 0.3) is 0 Å². The van der Waals surface area contributed by atoms with E-state index in [1.54, 1.807) is 0 Å². The molecular formula is C22H22ClNO. The van der Waals surface area contributed by atoms with Crippen LogP contribution < -0.4 is 10.1 Å². The third kappa shape index (κ3) is 5.54. The van der Waals surface area contributed by atoms with Gasteiger partial charge in [0.05, 0.1) is 12.3 Å². The number of rotatable bonds is 8. The predicted octanol–water partition coefficient (Wildman–Crippen LogP) is 5.96. The van der Waals surface area contributed by atoms with E-state index in [-0.39, 0.29) is 0 Å². The van der Waals surface area contributed by atoms with E-state index in [9.17, 15) is 0 Å². The van der Waals surface area contributed by atoms with Crippen molar-refractivity contribution in [3.8, 4) is 5.75 Å². The normalized spacial score (nSPS) is 10.4. The van der Waals surface area contributed by atoms with Crippen LogP contribution in [-0.4, -0.2) is 6.61 Å². The van der Waals surface area contributed by atoms with Crippen LogP contribution in [0.5, 0.6) is 5.75 Å². The molecule has 0 bridgehead atoms. The van der Waals surface area contributed by atoms with Gasteiger partial charge in [0.1, 0.15) is 5.75 Å². The summed E-state index contributed by atoms with van der Waals surface area (Å²) in [5.74, 6) is 0.887. The van der Waals surface area contributed by atoms with Gasteiger partial charge in [0, 0.05) is 11.6 Å². The van der Waals surface area contributed by atoms with Crippen LogP contribution in [0.25, 0.3) is 0 Å².